The fourth-order valence-corrected chi connectivity index (χ4v) is 4.30. The Morgan fingerprint density at radius 1 is 1.37 bits per heavy atom. The minimum atomic E-state index is -0.423. The van der Waals surface area contributed by atoms with Gasteiger partial charge in [-0.25, -0.2) is 9.07 Å². The van der Waals surface area contributed by atoms with E-state index in [1.54, 1.807) is 13.1 Å². The van der Waals surface area contributed by atoms with Crippen molar-refractivity contribution in [3.63, 3.8) is 0 Å². The summed E-state index contributed by atoms with van der Waals surface area (Å²) in [7, 11) is 1.62. The lowest BCUT2D eigenvalue weighted by Gasteiger charge is -2.20. The molecule has 6 nitrogen and oxygen atoms in total. The van der Waals surface area contributed by atoms with Crippen LogP contribution in [-0.4, -0.2) is 38.5 Å². The maximum atomic E-state index is 13.9. The van der Waals surface area contributed by atoms with Crippen LogP contribution in [0.1, 0.15) is 49.4 Å². The van der Waals surface area contributed by atoms with Crippen molar-refractivity contribution >= 4 is 29.3 Å². The molecule has 1 amide bonds. The summed E-state index contributed by atoms with van der Waals surface area (Å²) in [6.45, 7) is 0.105. The molecule has 1 fully saturated rings. The van der Waals surface area contributed by atoms with E-state index in [1.807, 2.05) is 0 Å². The number of carbonyl (C=O) groups is 1. The van der Waals surface area contributed by atoms with Crippen LogP contribution in [0.25, 0.3) is 0 Å². The normalized spacial score (nSPS) is 15.1. The highest BCUT2D eigenvalue weighted by Gasteiger charge is 2.23. The Hall–Kier alpha value is -1.80. The van der Waals surface area contributed by atoms with Gasteiger partial charge in [0.2, 0.25) is 11.1 Å². The zero-order valence-electron chi connectivity index (χ0n) is 15.2. The number of nitrogen functional groups attached to an aromatic ring is 1. The van der Waals surface area contributed by atoms with Gasteiger partial charge in [0.05, 0.1) is 5.75 Å². The van der Waals surface area contributed by atoms with E-state index in [0.29, 0.717) is 21.7 Å². The molecule has 1 saturated carbocycles. The van der Waals surface area contributed by atoms with E-state index in [2.05, 4.69) is 10.2 Å². The summed E-state index contributed by atoms with van der Waals surface area (Å²) in [6, 6.07) is 4.48. The summed E-state index contributed by atoms with van der Waals surface area (Å²) in [5.74, 6) is 6.82. The van der Waals surface area contributed by atoms with Crippen LogP contribution in [-0.2, 0) is 11.3 Å². The van der Waals surface area contributed by atoms with Gasteiger partial charge in [0, 0.05) is 30.1 Å². The molecular weight excluding hydrogens is 389 g/mol. The number of benzene rings is 1. The second-order valence-corrected chi connectivity index (χ2v) is 8.13. The van der Waals surface area contributed by atoms with E-state index < -0.39 is 5.82 Å². The second kappa shape index (κ2) is 8.93. The third-order valence-corrected chi connectivity index (χ3v) is 6.15. The first kappa shape index (κ1) is 19.9. The highest BCUT2D eigenvalue weighted by atomic mass is 35.5. The Morgan fingerprint density at radius 3 is 2.81 bits per heavy atom. The molecule has 1 aliphatic carbocycles. The molecule has 0 atom stereocenters. The van der Waals surface area contributed by atoms with E-state index in [1.165, 1.54) is 52.7 Å². The van der Waals surface area contributed by atoms with Crippen molar-refractivity contribution in [1.82, 2.24) is 19.8 Å². The molecule has 1 heterocycles. The maximum Gasteiger partial charge on any atom is 0.233 e. The number of hydrogen-bond acceptors (Lipinski definition) is 5. The van der Waals surface area contributed by atoms with Crippen LogP contribution in [0.3, 0.4) is 0 Å². The van der Waals surface area contributed by atoms with E-state index in [0.717, 1.165) is 18.7 Å². The van der Waals surface area contributed by atoms with Gasteiger partial charge in [0.25, 0.3) is 0 Å². The third kappa shape index (κ3) is 4.73. The third-order valence-electron chi connectivity index (χ3n) is 4.87. The van der Waals surface area contributed by atoms with Crippen LogP contribution < -0.4 is 5.84 Å². The molecule has 1 aromatic carbocycles. The predicted molar refractivity (Wildman–Crippen MR) is 105 cm³/mol. The van der Waals surface area contributed by atoms with Crippen LogP contribution in [0.4, 0.5) is 4.39 Å². The van der Waals surface area contributed by atoms with E-state index in [4.69, 9.17) is 17.4 Å². The van der Waals surface area contributed by atoms with Gasteiger partial charge in [-0.2, -0.15) is 0 Å². The molecule has 1 aliphatic rings. The average molecular weight is 412 g/mol. The maximum absolute atomic E-state index is 13.9. The fraction of sp³-hybridized carbons (Fsp3) is 0.500. The summed E-state index contributed by atoms with van der Waals surface area (Å²) in [5.41, 5.74) is 0.307. The Morgan fingerprint density at radius 2 is 2.11 bits per heavy atom. The van der Waals surface area contributed by atoms with Crippen LogP contribution in [0.2, 0.25) is 5.02 Å². The highest BCUT2D eigenvalue weighted by molar-refractivity contribution is 7.99. The number of nitrogens with zero attached hydrogens (tertiary/aromatic N) is 4. The van der Waals surface area contributed by atoms with Gasteiger partial charge < -0.3 is 10.7 Å². The van der Waals surface area contributed by atoms with Crippen molar-refractivity contribution in [2.24, 2.45) is 0 Å². The van der Waals surface area contributed by atoms with Gasteiger partial charge in [-0.15, -0.1) is 10.2 Å². The quantitative estimate of drug-likeness (QED) is 0.580. The van der Waals surface area contributed by atoms with Gasteiger partial charge >= 0.3 is 0 Å². The van der Waals surface area contributed by atoms with Crippen molar-refractivity contribution in [2.45, 2.75) is 49.7 Å². The van der Waals surface area contributed by atoms with Crippen LogP contribution >= 0.6 is 23.4 Å². The summed E-state index contributed by atoms with van der Waals surface area (Å²) < 4.78 is 15.4. The number of carbonyl (C=O) groups excluding carboxylic acids is 1. The number of thioether (sulfide) groups is 1. The first-order valence-electron chi connectivity index (χ1n) is 8.97. The van der Waals surface area contributed by atoms with Gasteiger partial charge in [-0.05, 0) is 25.0 Å². The molecule has 2 aromatic rings. The lowest BCUT2D eigenvalue weighted by atomic mass is 9.89. The Labute approximate surface area is 167 Å². The average Bonchev–Trinajstić information content (AvgIpc) is 3.04. The zero-order valence-corrected chi connectivity index (χ0v) is 16.8. The van der Waals surface area contributed by atoms with Crippen molar-refractivity contribution in [2.75, 3.05) is 18.6 Å². The van der Waals surface area contributed by atoms with Crippen molar-refractivity contribution < 1.29 is 9.18 Å². The Kier molecular flexibility index (Phi) is 6.59. The van der Waals surface area contributed by atoms with Crippen LogP contribution in [0.15, 0.2) is 23.4 Å². The van der Waals surface area contributed by atoms with E-state index in [9.17, 15) is 9.18 Å². The number of hydrogen-bond donors (Lipinski definition) is 1. The first-order chi connectivity index (χ1) is 13.0. The monoisotopic (exact) mass is 411 g/mol. The smallest absolute Gasteiger partial charge is 0.233 e. The van der Waals surface area contributed by atoms with Gasteiger partial charge in [0.1, 0.15) is 5.82 Å². The molecule has 0 aliphatic heterocycles. The van der Waals surface area contributed by atoms with Gasteiger partial charge in [-0.1, -0.05) is 48.7 Å². The molecule has 3 rings (SSSR count). The van der Waals surface area contributed by atoms with Gasteiger partial charge in [-0.3, -0.25) is 4.79 Å². The standard InChI is InChI=1S/C18H23ClFN5OS/c1-24(10-13-14(19)8-5-9-15(13)20)16(26)11-27-18-23-22-17(25(18)21)12-6-3-2-4-7-12/h5,8-9,12H,2-4,6-7,10-11,21H2,1H3. The summed E-state index contributed by atoms with van der Waals surface area (Å²) in [4.78, 5) is 13.8. The number of halogens is 2. The molecule has 0 saturated heterocycles. The van der Waals surface area contributed by atoms with E-state index >= 15 is 0 Å². The molecule has 27 heavy (non-hydrogen) atoms. The summed E-state index contributed by atoms with van der Waals surface area (Å²) >= 11 is 7.26. The predicted octanol–water partition coefficient (Wildman–Crippen LogP) is 3.58. The molecule has 0 spiro atoms. The molecule has 2 N–H and O–H groups in total. The van der Waals surface area contributed by atoms with Crippen molar-refractivity contribution in [3.05, 3.63) is 40.4 Å². The largest absolute Gasteiger partial charge is 0.341 e. The fourth-order valence-electron chi connectivity index (χ4n) is 3.27. The van der Waals surface area contributed by atoms with Crippen LogP contribution in [0, 0.1) is 5.82 Å². The molecular formula is C18H23ClFN5OS. The molecule has 0 unspecified atom stereocenters. The summed E-state index contributed by atoms with van der Waals surface area (Å²) in [6.07, 6.45) is 5.77. The molecule has 9 heteroatoms. The lowest BCUT2D eigenvalue weighted by Crippen LogP contribution is -2.28. The zero-order chi connectivity index (χ0) is 19.4. The lowest BCUT2D eigenvalue weighted by molar-refractivity contribution is -0.127. The summed E-state index contributed by atoms with van der Waals surface area (Å²) in [5, 5.41) is 9.18. The number of rotatable bonds is 6. The number of aromatic nitrogens is 3. The Balaban J connectivity index is 1.58. The topological polar surface area (TPSA) is 77.0 Å². The Bertz CT molecular complexity index is 789. The van der Waals surface area contributed by atoms with Crippen molar-refractivity contribution in [1.29, 1.82) is 0 Å². The molecule has 146 valence electrons. The molecule has 0 radical (unpaired) electrons. The van der Waals surface area contributed by atoms with Gasteiger partial charge in [0.15, 0.2) is 5.82 Å². The number of nitrogens with two attached hydrogens (primary N) is 1. The number of amides is 1. The first-order valence-corrected chi connectivity index (χ1v) is 10.3. The molecule has 0 bridgehead atoms. The molecule has 1 aromatic heterocycles. The SMILES string of the molecule is CN(Cc1c(F)cccc1Cl)C(=O)CSc1nnc(C2CCCCC2)n1N. The van der Waals surface area contributed by atoms with E-state index in [-0.39, 0.29) is 18.2 Å². The van der Waals surface area contributed by atoms with Crippen molar-refractivity contribution in [3.8, 4) is 0 Å². The minimum absolute atomic E-state index is 0.105. The second-order valence-electron chi connectivity index (χ2n) is 6.78. The van der Waals surface area contributed by atoms with Crippen LogP contribution in [0.5, 0.6) is 0 Å². The minimum Gasteiger partial charge on any atom is -0.341 e. The highest BCUT2D eigenvalue weighted by Crippen LogP contribution is 2.32.